The minimum absolute atomic E-state index is 0.0441. The highest BCUT2D eigenvalue weighted by atomic mass is 32.2. The third-order valence-electron chi connectivity index (χ3n) is 6.48. The summed E-state index contributed by atoms with van der Waals surface area (Å²) in [5.41, 5.74) is 8.11. The number of imidazole rings is 1. The predicted molar refractivity (Wildman–Crippen MR) is 159 cm³/mol. The summed E-state index contributed by atoms with van der Waals surface area (Å²) in [5.74, 6) is -2.51. The Labute approximate surface area is 247 Å². The highest BCUT2D eigenvalue weighted by molar-refractivity contribution is 7.98. The van der Waals surface area contributed by atoms with Gasteiger partial charge >= 0.3 is 5.97 Å². The van der Waals surface area contributed by atoms with Crippen molar-refractivity contribution in [3.63, 3.8) is 0 Å². The largest absolute Gasteiger partial charge is 0.508 e. The molecule has 1 aromatic heterocycles. The fourth-order valence-electron chi connectivity index (χ4n) is 4.18. The number of amides is 3. The van der Waals surface area contributed by atoms with E-state index in [2.05, 4.69) is 25.9 Å². The fraction of sp³-hybridized carbons (Fsp3) is 0.345. The lowest BCUT2D eigenvalue weighted by atomic mass is 10.0. The third kappa shape index (κ3) is 10.2. The number of hydrogen-bond donors (Lipinski definition) is 7. The van der Waals surface area contributed by atoms with Crippen LogP contribution in [0.25, 0.3) is 0 Å². The SMILES string of the molecule is CSCCC(NC(=O)C(Cc1ccc(O)cc1)NC(=O)C(N)Cc1cnc[nH]1)C(=O)NC(Cc1ccccc1)C(=O)O. The quantitative estimate of drug-likeness (QED) is 0.125. The van der Waals surface area contributed by atoms with Gasteiger partial charge in [0, 0.05) is 31.2 Å². The number of nitrogens with zero attached hydrogens (tertiary/aromatic N) is 1. The number of rotatable bonds is 16. The number of benzene rings is 2. The van der Waals surface area contributed by atoms with Crippen molar-refractivity contribution < 1.29 is 29.4 Å². The lowest BCUT2D eigenvalue weighted by Gasteiger charge is -2.25. The van der Waals surface area contributed by atoms with Crippen LogP contribution in [0, 0.1) is 0 Å². The number of thioether (sulfide) groups is 1. The number of phenols is 1. The maximum absolute atomic E-state index is 13.5. The van der Waals surface area contributed by atoms with Crippen LogP contribution in [0.1, 0.15) is 23.2 Å². The number of aromatic nitrogens is 2. The van der Waals surface area contributed by atoms with Gasteiger partial charge in [-0.1, -0.05) is 42.5 Å². The molecule has 0 spiro atoms. The van der Waals surface area contributed by atoms with Gasteiger partial charge in [-0.2, -0.15) is 11.8 Å². The van der Waals surface area contributed by atoms with Crippen molar-refractivity contribution in [3.8, 4) is 5.75 Å². The summed E-state index contributed by atoms with van der Waals surface area (Å²) >= 11 is 1.47. The first kappa shape index (κ1) is 32.2. The molecule has 0 bridgehead atoms. The molecule has 224 valence electrons. The van der Waals surface area contributed by atoms with E-state index < -0.39 is 47.9 Å². The summed E-state index contributed by atoms with van der Waals surface area (Å²) < 4.78 is 0. The molecule has 42 heavy (non-hydrogen) atoms. The Kier molecular flexibility index (Phi) is 12.4. The van der Waals surface area contributed by atoms with Crippen molar-refractivity contribution >= 4 is 35.5 Å². The molecule has 4 atom stereocenters. The molecular formula is C29H36N6O6S. The molecular weight excluding hydrogens is 560 g/mol. The molecule has 0 saturated heterocycles. The minimum atomic E-state index is -1.21. The molecule has 12 nitrogen and oxygen atoms in total. The number of hydrogen-bond acceptors (Lipinski definition) is 8. The number of carboxylic acids is 1. The van der Waals surface area contributed by atoms with Crippen molar-refractivity contribution in [3.05, 3.63) is 83.9 Å². The number of aliphatic carboxylic acids is 1. The zero-order chi connectivity index (χ0) is 30.5. The zero-order valence-corrected chi connectivity index (χ0v) is 24.0. The smallest absolute Gasteiger partial charge is 0.326 e. The topological polar surface area (TPSA) is 200 Å². The standard InChI is InChI=1S/C29H36N6O6S/c1-42-12-11-23(27(38)35-25(29(40)41)14-18-5-3-2-4-6-18)33-28(39)24(13-19-7-9-21(36)10-8-19)34-26(37)22(30)15-20-16-31-17-32-20/h2-10,16-17,22-25,36H,11-15,30H2,1H3,(H,31,32)(H,33,39)(H,34,37)(H,35,38)(H,40,41). The van der Waals surface area contributed by atoms with E-state index in [4.69, 9.17) is 5.73 Å². The molecule has 0 aliphatic carbocycles. The van der Waals surface area contributed by atoms with E-state index in [1.165, 1.54) is 30.2 Å². The summed E-state index contributed by atoms with van der Waals surface area (Å²) in [6.45, 7) is 0. The van der Waals surface area contributed by atoms with Crippen LogP contribution in [-0.4, -0.2) is 80.0 Å². The normalized spacial score (nSPS) is 13.8. The molecule has 0 radical (unpaired) electrons. The molecule has 0 saturated carbocycles. The lowest BCUT2D eigenvalue weighted by Crippen LogP contribution is -2.58. The number of aromatic amines is 1. The first-order chi connectivity index (χ1) is 20.2. The van der Waals surface area contributed by atoms with Crippen molar-refractivity contribution in [2.45, 2.75) is 49.9 Å². The van der Waals surface area contributed by atoms with Crippen LogP contribution >= 0.6 is 11.8 Å². The molecule has 3 amide bonds. The Morgan fingerprint density at radius 2 is 1.45 bits per heavy atom. The Bertz CT molecular complexity index is 1310. The molecule has 0 aliphatic heterocycles. The van der Waals surface area contributed by atoms with Crippen molar-refractivity contribution in [1.82, 2.24) is 25.9 Å². The second-order valence-corrected chi connectivity index (χ2v) is 10.7. The number of carbonyl (C=O) groups excluding carboxylic acids is 3. The molecule has 2 aromatic carbocycles. The van der Waals surface area contributed by atoms with Gasteiger partial charge in [-0.3, -0.25) is 14.4 Å². The monoisotopic (exact) mass is 596 g/mol. The maximum Gasteiger partial charge on any atom is 0.326 e. The Balaban J connectivity index is 1.75. The molecule has 13 heteroatoms. The van der Waals surface area contributed by atoms with Crippen LogP contribution in [0.15, 0.2) is 67.1 Å². The molecule has 3 aromatic rings. The molecule has 0 aliphatic rings. The Morgan fingerprint density at radius 1 is 0.857 bits per heavy atom. The van der Waals surface area contributed by atoms with Crippen LogP contribution in [0.5, 0.6) is 5.75 Å². The highest BCUT2D eigenvalue weighted by Gasteiger charge is 2.30. The number of carbonyl (C=O) groups is 4. The number of H-pyrrole nitrogens is 1. The van der Waals surface area contributed by atoms with Gasteiger partial charge in [0.25, 0.3) is 0 Å². The van der Waals surface area contributed by atoms with E-state index in [1.807, 2.05) is 12.3 Å². The number of phenolic OH excluding ortho intramolecular Hbond substituents is 1. The summed E-state index contributed by atoms with van der Waals surface area (Å²) in [6, 6.07) is 10.7. The van der Waals surface area contributed by atoms with Gasteiger partial charge in [0.2, 0.25) is 17.7 Å². The van der Waals surface area contributed by atoms with E-state index in [1.54, 1.807) is 42.6 Å². The van der Waals surface area contributed by atoms with E-state index in [9.17, 15) is 29.4 Å². The van der Waals surface area contributed by atoms with Crippen LogP contribution in [0.4, 0.5) is 0 Å². The van der Waals surface area contributed by atoms with Crippen LogP contribution in [0.2, 0.25) is 0 Å². The van der Waals surface area contributed by atoms with Crippen LogP contribution < -0.4 is 21.7 Å². The minimum Gasteiger partial charge on any atom is -0.508 e. The summed E-state index contributed by atoms with van der Waals surface area (Å²) in [7, 11) is 0. The van der Waals surface area contributed by atoms with Gasteiger partial charge in [0.05, 0.1) is 12.4 Å². The van der Waals surface area contributed by atoms with Crippen LogP contribution in [0.3, 0.4) is 0 Å². The molecule has 0 fully saturated rings. The number of carboxylic acid groups (broad SMARTS) is 1. The molecule has 8 N–H and O–H groups in total. The van der Waals surface area contributed by atoms with E-state index in [-0.39, 0.29) is 31.4 Å². The van der Waals surface area contributed by atoms with Gasteiger partial charge in [-0.05, 0) is 41.7 Å². The van der Waals surface area contributed by atoms with Gasteiger partial charge < -0.3 is 36.9 Å². The highest BCUT2D eigenvalue weighted by Crippen LogP contribution is 2.13. The molecule has 4 unspecified atom stereocenters. The number of nitrogens with two attached hydrogens (primary N) is 1. The lowest BCUT2D eigenvalue weighted by molar-refractivity contribution is -0.142. The van der Waals surface area contributed by atoms with Gasteiger partial charge in [0.1, 0.15) is 23.9 Å². The third-order valence-corrected chi connectivity index (χ3v) is 7.13. The van der Waals surface area contributed by atoms with Crippen molar-refractivity contribution in [2.24, 2.45) is 5.73 Å². The fourth-order valence-corrected chi connectivity index (χ4v) is 4.65. The zero-order valence-electron chi connectivity index (χ0n) is 23.2. The molecule has 3 rings (SSSR count). The Morgan fingerprint density at radius 3 is 2.07 bits per heavy atom. The maximum atomic E-state index is 13.5. The first-order valence-corrected chi connectivity index (χ1v) is 14.7. The predicted octanol–water partition coefficient (Wildman–Crippen LogP) is 0.763. The summed E-state index contributed by atoms with van der Waals surface area (Å²) in [5, 5.41) is 27.3. The average Bonchev–Trinajstić information content (AvgIpc) is 3.49. The van der Waals surface area contributed by atoms with Crippen molar-refractivity contribution in [1.29, 1.82) is 0 Å². The number of nitrogens with one attached hydrogen (secondary N) is 4. The van der Waals surface area contributed by atoms with Crippen LogP contribution in [-0.2, 0) is 38.4 Å². The number of aromatic hydroxyl groups is 1. The Hall–Kier alpha value is -4.36. The molecule has 1 heterocycles. The van der Waals surface area contributed by atoms with Gasteiger partial charge in [-0.25, -0.2) is 9.78 Å². The van der Waals surface area contributed by atoms with Gasteiger partial charge in [0.15, 0.2) is 0 Å². The van der Waals surface area contributed by atoms with E-state index in [0.717, 1.165) is 5.56 Å². The second-order valence-electron chi connectivity index (χ2n) is 9.75. The summed E-state index contributed by atoms with van der Waals surface area (Å²) in [6.07, 6.45) is 5.38. The average molecular weight is 597 g/mol. The second kappa shape index (κ2) is 16.2. The van der Waals surface area contributed by atoms with E-state index in [0.29, 0.717) is 17.0 Å². The van der Waals surface area contributed by atoms with E-state index >= 15 is 0 Å². The first-order valence-electron chi connectivity index (χ1n) is 13.3. The van der Waals surface area contributed by atoms with Crippen molar-refractivity contribution in [2.75, 3.05) is 12.0 Å². The summed E-state index contributed by atoms with van der Waals surface area (Å²) in [4.78, 5) is 58.5. The van der Waals surface area contributed by atoms with Gasteiger partial charge in [-0.15, -0.1) is 0 Å².